The molecule has 0 bridgehead atoms. The normalized spacial score (nSPS) is 21.4. The summed E-state index contributed by atoms with van der Waals surface area (Å²) in [6.07, 6.45) is 9.51. The maximum Gasteiger partial charge on any atom is 0.254 e. The third kappa shape index (κ3) is 3.75. The summed E-state index contributed by atoms with van der Waals surface area (Å²) in [5.41, 5.74) is 1.73. The summed E-state index contributed by atoms with van der Waals surface area (Å²) in [6, 6.07) is 3.20. The molecule has 3 aliphatic rings. The Morgan fingerprint density at radius 1 is 1.03 bits per heavy atom. The molecule has 0 spiro atoms. The first-order valence-electron chi connectivity index (χ1n) is 11.2. The van der Waals surface area contributed by atoms with E-state index < -0.39 is 0 Å². The minimum atomic E-state index is -0.189. The summed E-state index contributed by atoms with van der Waals surface area (Å²) in [6.45, 7) is 1.50. The number of carbonyl (C=O) groups is 2. The summed E-state index contributed by atoms with van der Waals surface area (Å²) < 4.78 is 0. The largest absolute Gasteiger partial charge is 0.332 e. The first-order valence-corrected chi connectivity index (χ1v) is 11.2. The Kier molecular flexibility index (Phi) is 5.29. The van der Waals surface area contributed by atoms with Crippen LogP contribution >= 0.6 is 0 Å². The van der Waals surface area contributed by atoms with E-state index in [0.29, 0.717) is 48.7 Å². The quantitative estimate of drug-likeness (QED) is 0.819. The molecule has 4 heterocycles. The summed E-state index contributed by atoms with van der Waals surface area (Å²) >= 11 is 0. The number of amides is 2. The topological polar surface area (TPSA) is 99.3 Å². The fourth-order valence-electron chi connectivity index (χ4n) is 4.84. The van der Waals surface area contributed by atoms with E-state index in [1.165, 1.54) is 0 Å². The van der Waals surface area contributed by atoms with Gasteiger partial charge in [0.25, 0.3) is 11.5 Å². The van der Waals surface area contributed by atoms with E-state index >= 15 is 0 Å². The molecular formula is C23H27N5O3. The first kappa shape index (κ1) is 19.9. The van der Waals surface area contributed by atoms with Gasteiger partial charge in [-0.3, -0.25) is 19.4 Å². The molecule has 2 aliphatic heterocycles. The highest BCUT2D eigenvalue weighted by Crippen LogP contribution is 2.35. The summed E-state index contributed by atoms with van der Waals surface area (Å²) in [4.78, 5) is 54.1. The van der Waals surface area contributed by atoms with Gasteiger partial charge < -0.3 is 14.8 Å². The highest BCUT2D eigenvalue weighted by molar-refractivity contribution is 5.94. The Balaban J connectivity index is 1.42. The SMILES string of the molecule is O=C(c1ccncc1)N1CCc2c(nc([C@@H]3CCCCN3C(=O)C3CCC3)[nH]c2=O)C1. The Bertz CT molecular complexity index is 1050. The lowest BCUT2D eigenvalue weighted by Crippen LogP contribution is -2.45. The van der Waals surface area contributed by atoms with Crippen molar-refractivity contribution in [2.75, 3.05) is 13.1 Å². The Morgan fingerprint density at radius 2 is 1.84 bits per heavy atom. The molecule has 5 rings (SSSR count). The van der Waals surface area contributed by atoms with Crippen molar-refractivity contribution in [3.05, 3.63) is 57.5 Å². The summed E-state index contributed by atoms with van der Waals surface area (Å²) in [5.74, 6) is 0.801. The number of fused-ring (bicyclic) bond motifs is 1. The average Bonchev–Trinajstić information content (AvgIpc) is 2.77. The monoisotopic (exact) mass is 421 g/mol. The molecule has 8 nitrogen and oxygen atoms in total. The van der Waals surface area contributed by atoms with Crippen molar-refractivity contribution in [3.63, 3.8) is 0 Å². The van der Waals surface area contributed by atoms with Crippen molar-refractivity contribution in [3.8, 4) is 0 Å². The molecule has 1 saturated heterocycles. The van der Waals surface area contributed by atoms with Gasteiger partial charge in [0.1, 0.15) is 5.82 Å². The van der Waals surface area contributed by atoms with E-state index in [4.69, 9.17) is 4.98 Å². The van der Waals surface area contributed by atoms with E-state index in [0.717, 1.165) is 38.5 Å². The smallest absolute Gasteiger partial charge is 0.254 e. The van der Waals surface area contributed by atoms with Gasteiger partial charge in [0.15, 0.2) is 0 Å². The number of pyridine rings is 1. The van der Waals surface area contributed by atoms with Gasteiger partial charge in [0.2, 0.25) is 5.91 Å². The second-order valence-corrected chi connectivity index (χ2v) is 8.76. The number of piperidine rings is 1. The van der Waals surface area contributed by atoms with Crippen LogP contribution in [-0.2, 0) is 17.8 Å². The molecule has 2 aromatic rings. The highest BCUT2D eigenvalue weighted by atomic mass is 16.2. The number of hydrogen-bond acceptors (Lipinski definition) is 5. The highest BCUT2D eigenvalue weighted by Gasteiger charge is 2.36. The standard InChI is InChI=1S/C23H27N5O3/c29-21-17-9-13-27(22(30)16-7-10-24-11-8-16)14-18(17)25-20(26-21)19-6-1-2-12-28(19)23(31)15-4-3-5-15/h7-8,10-11,15,19H,1-6,9,12-14H2,(H,25,26,29)/t19-/m0/s1. The Hall–Kier alpha value is -3.03. The number of H-pyrrole nitrogens is 1. The van der Waals surface area contributed by atoms with Crippen LogP contribution in [0.2, 0.25) is 0 Å². The maximum atomic E-state index is 13.0. The number of aromatic nitrogens is 3. The van der Waals surface area contributed by atoms with Crippen LogP contribution in [0.3, 0.4) is 0 Å². The number of aromatic amines is 1. The maximum absolute atomic E-state index is 13.0. The number of nitrogens with one attached hydrogen (secondary N) is 1. The molecule has 8 heteroatoms. The molecule has 31 heavy (non-hydrogen) atoms. The second-order valence-electron chi connectivity index (χ2n) is 8.76. The van der Waals surface area contributed by atoms with Crippen molar-refractivity contribution in [1.29, 1.82) is 0 Å². The zero-order chi connectivity index (χ0) is 21.4. The lowest BCUT2D eigenvalue weighted by atomic mass is 9.83. The van der Waals surface area contributed by atoms with E-state index in [1.54, 1.807) is 29.4 Å². The molecule has 1 atom stereocenters. The van der Waals surface area contributed by atoms with Crippen molar-refractivity contribution in [1.82, 2.24) is 24.8 Å². The van der Waals surface area contributed by atoms with Crippen LogP contribution in [0.4, 0.5) is 0 Å². The van der Waals surface area contributed by atoms with Gasteiger partial charge in [0.05, 0.1) is 18.3 Å². The van der Waals surface area contributed by atoms with E-state index in [9.17, 15) is 14.4 Å². The molecule has 2 aromatic heterocycles. The lowest BCUT2D eigenvalue weighted by molar-refractivity contribution is -0.142. The van der Waals surface area contributed by atoms with Gasteiger partial charge in [0, 0.05) is 42.5 Å². The van der Waals surface area contributed by atoms with Crippen molar-refractivity contribution < 1.29 is 9.59 Å². The predicted molar refractivity (Wildman–Crippen MR) is 113 cm³/mol. The Morgan fingerprint density at radius 3 is 2.58 bits per heavy atom. The lowest BCUT2D eigenvalue weighted by Gasteiger charge is -2.39. The molecule has 1 aliphatic carbocycles. The third-order valence-electron chi connectivity index (χ3n) is 6.86. The summed E-state index contributed by atoms with van der Waals surface area (Å²) in [5, 5.41) is 0. The minimum absolute atomic E-state index is 0.0869. The van der Waals surface area contributed by atoms with Gasteiger partial charge in [-0.25, -0.2) is 4.98 Å². The molecule has 0 aromatic carbocycles. The fraction of sp³-hybridized carbons (Fsp3) is 0.522. The number of hydrogen-bond donors (Lipinski definition) is 1. The van der Waals surface area contributed by atoms with Crippen LogP contribution in [0.15, 0.2) is 29.3 Å². The second kappa shape index (κ2) is 8.24. The first-order chi connectivity index (χ1) is 15.1. The van der Waals surface area contributed by atoms with Crippen molar-refractivity contribution in [2.45, 2.75) is 57.5 Å². The van der Waals surface area contributed by atoms with Gasteiger partial charge >= 0.3 is 0 Å². The molecule has 0 unspecified atom stereocenters. The fourth-order valence-corrected chi connectivity index (χ4v) is 4.84. The average molecular weight is 422 g/mol. The molecule has 1 N–H and O–H groups in total. The van der Waals surface area contributed by atoms with Crippen LogP contribution < -0.4 is 5.56 Å². The number of nitrogens with zero attached hydrogens (tertiary/aromatic N) is 4. The zero-order valence-corrected chi connectivity index (χ0v) is 17.5. The van der Waals surface area contributed by atoms with Gasteiger partial charge in [-0.2, -0.15) is 0 Å². The van der Waals surface area contributed by atoms with Crippen LogP contribution in [-0.4, -0.2) is 49.7 Å². The molecule has 1 saturated carbocycles. The van der Waals surface area contributed by atoms with Crippen molar-refractivity contribution in [2.24, 2.45) is 5.92 Å². The number of likely N-dealkylation sites (tertiary alicyclic amines) is 1. The molecule has 2 fully saturated rings. The van der Waals surface area contributed by atoms with Crippen LogP contribution in [0.25, 0.3) is 0 Å². The van der Waals surface area contributed by atoms with Crippen molar-refractivity contribution >= 4 is 11.8 Å². The number of rotatable bonds is 3. The van der Waals surface area contributed by atoms with Gasteiger partial charge in [-0.15, -0.1) is 0 Å². The van der Waals surface area contributed by atoms with E-state index in [2.05, 4.69) is 9.97 Å². The minimum Gasteiger partial charge on any atom is -0.332 e. The molecule has 2 amide bonds. The number of carbonyl (C=O) groups excluding carboxylic acids is 2. The molecule has 0 radical (unpaired) electrons. The van der Waals surface area contributed by atoms with E-state index in [1.807, 2.05) is 4.90 Å². The molecular weight excluding hydrogens is 394 g/mol. The Labute approximate surface area is 180 Å². The van der Waals surface area contributed by atoms with Crippen LogP contribution in [0.1, 0.15) is 72.0 Å². The van der Waals surface area contributed by atoms with E-state index in [-0.39, 0.29) is 29.3 Å². The molecule has 162 valence electrons. The van der Waals surface area contributed by atoms with Crippen LogP contribution in [0.5, 0.6) is 0 Å². The summed E-state index contributed by atoms with van der Waals surface area (Å²) in [7, 11) is 0. The predicted octanol–water partition coefficient (Wildman–Crippen LogP) is 2.22. The zero-order valence-electron chi connectivity index (χ0n) is 17.5. The third-order valence-corrected chi connectivity index (χ3v) is 6.86. The van der Waals surface area contributed by atoms with Gasteiger partial charge in [-0.05, 0) is 50.7 Å². The van der Waals surface area contributed by atoms with Crippen LogP contribution in [0, 0.1) is 5.92 Å². The van der Waals surface area contributed by atoms with Gasteiger partial charge in [-0.1, -0.05) is 6.42 Å².